The molecule has 0 amide bonds. The summed E-state index contributed by atoms with van der Waals surface area (Å²) >= 11 is 0. The van der Waals surface area contributed by atoms with Crippen LogP contribution in [0, 0.1) is 27.6 Å². The number of allylic oxidation sites excluding steroid dienone is 3. The fraction of sp³-hybridized carbons (Fsp3) is 0.800. The van der Waals surface area contributed by atoms with Crippen LogP contribution in [-0.2, 0) is 4.79 Å². The maximum atomic E-state index is 11.4. The number of aliphatic hydroxyl groups excluding tert-OH is 3. The first kappa shape index (κ1) is 34.8. The van der Waals surface area contributed by atoms with E-state index < -0.39 is 23.6 Å². The molecule has 3 atom stereocenters. The van der Waals surface area contributed by atoms with Gasteiger partial charge < -0.3 is 20.4 Å². The predicted octanol–water partition coefficient (Wildman–Crippen LogP) is 7.99. The molecule has 2 aliphatic rings. The molecule has 0 heterocycles. The second-order valence-corrected chi connectivity index (χ2v) is 15.6. The van der Waals surface area contributed by atoms with Crippen molar-refractivity contribution in [1.29, 1.82) is 0 Å². The smallest absolute Gasteiger partial charge is 0.309 e. The molecule has 0 saturated heterocycles. The van der Waals surface area contributed by atoms with Gasteiger partial charge in [-0.05, 0) is 105 Å². The van der Waals surface area contributed by atoms with Crippen molar-refractivity contribution in [2.75, 3.05) is 6.61 Å². The molecular formula is C35H60O5. The van der Waals surface area contributed by atoms with Gasteiger partial charge in [-0.15, -0.1) is 0 Å². The standard InChI is InChI=1S/C35H60O5/c1-32(2,24-36)18-11-9-14-25-20-33(3,4)22-27(29(25)37)16-13-17-28-23-34(5,6)21-26(30(28)38)15-10-12-19-35(7,8)31(39)40/h20,22-23,26,29-30,36-38H,9-19,21,24H2,1-8H3,(H,39,40). The molecule has 3 unspecified atom stereocenters. The maximum absolute atomic E-state index is 11.4. The van der Waals surface area contributed by atoms with Crippen molar-refractivity contribution in [2.45, 2.75) is 145 Å². The summed E-state index contributed by atoms with van der Waals surface area (Å²) in [5, 5.41) is 41.4. The summed E-state index contributed by atoms with van der Waals surface area (Å²) in [7, 11) is 0. The molecule has 0 radical (unpaired) electrons. The third-order valence-corrected chi connectivity index (χ3v) is 9.14. The van der Waals surface area contributed by atoms with Crippen LogP contribution in [0.4, 0.5) is 0 Å². The lowest BCUT2D eigenvalue weighted by atomic mass is 9.69. The van der Waals surface area contributed by atoms with Crippen molar-refractivity contribution in [1.82, 2.24) is 0 Å². The Kier molecular flexibility index (Phi) is 12.3. The lowest BCUT2D eigenvalue weighted by Crippen LogP contribution is -2.33. The van der Waals surface area contributed by atoms with Gasteiger partial charge in [0.25, 0.3) is 0 Å². The average molecular weight is 561 g/mol. The van der Waals surface area contributed by atoms with E-state index in [1.54, 1.807) is 13.8 Å². The summed E-state index contributed by atoms with van der Waals surface area (Å²) < 4.78 is 0. The van der Waals surface area contributed by atoms with E-state index in [1.807, 2.05) is 0 Å². The highest BCUT2D eigenvalue weighted by Gasteiger charge is 2.35. The van der Waals surface area contributed by atoms with Gasteiger partial charge in [0.1, 0.15) is 0 Å². The molecule has 0 saturated carbocycles. The Balaban J connectivity index is 1.92. The van der Waals surface area contributed by atoms with Crippen LogP contribution in [0.3, 0.4) is 0 Å². The molecular weight excluding hydrogens is 500 g/mol. The van der Waals surface area contributed by atoms with E-state index in [1.165, 1.54) is 0 Å². The van der Waals surface area contributed by atoms with Crippen LogP contribution < -0.4 is 0 Å². The van der Waals surface area contributed by atoms with E-state index in [2.05, 4.69) is 59.8 Å². The molecule has 0 aromatic rings. The predicted molar refractivity (Wildman–Crippen MR) is 165 cm³/mol. The Bertz CT molecular complexity index is 933. The summed E-state index contributed by atoms with van der Waals surface area (Å²) in [6, 6.07) is 0. The summed E-state index contributed by atoms with van der Waals surface area (Å²) in [5.41, 5.74) is 2.54. The van der Waals surface area contributed by atoms with Gasteiger partial charge >= 0.3 is 5.97 Å². The van der Waals surface area contributed by atoms with Crippen molar-refractivity contribution in [3.63, 3.8) is 0 Å². The van der Waals surface area contributed by atoms with E-state index in [9.17, 15) is 25.2 Å². The minimum absolute atomic E-state index is 0.0334. The molecule has 0 aliphatic heterocycles. The van der Waals surface area contributed by atoms with Gasteiger partial charge in [-0.25, -0.2) is 0 Å². The highest BCUT2D eigenvalue weighted by atomic mass is 16.4. The first-order valence-corrected chi connectivity index (χ1v) is 15.7. The highest BCUT2D eigenvalue weighted by molar-refractivity contribution is 5.73. The van der Waals surface area contributed by atoms with Crippen molar-refractivity contribution in [2.24, 2.45) is 27.6 Å². The number of aliphatic carboxylic acids is 1. The van der Waals surface area contributed by atoms with E-state index in [-0.39, 0.29) is 28.8 Å². The van der Waals surface area contributed by atoms with Crippen LogP contribution in [0.5, 0.6) is 0 Å². The number of unbranched alkanes of at least 4 members (excludes halogenated alkanes) is 2. The molecule has 0 aromatic heterocycles. The van der Waals surface area contributed by atoms with Crippen LogP contribution in [0.25, 0.3) is 0 Å². The molecule has 2 aliphatic carbocycles. The first-order chi connectivity index (χ1) is 18.4. The fourth-order valence-corrected chi connectivity index (χ4v) is 6.62. The zero-order valence-corrected chi connectivity index (χ0v) is 26.9. The van der Waals surface area contributed by atoms with Crippen LogP contribution in [0.1, 0.15) is 132 Å². The highest BCUT2D eigenvalue weighted by Crippen LogP contribution is 2.42. The molecule has 40 heavy (non-hydrogen) atoms. The molecule has 5 nitrogen and oxygen atoms in total. The molecule has 230 valence electrons. The van der Waals surface area contributed by atoms with Gasteiger partial charge in [0.2, 0.25) is 0 Å². The van der Waals surface area contributed by atoms with Crippen molar-refractivity contribution < 1.29 is 25.2 Å². The van der Waals surface area contributed by atoms with E-state index in [4.69, 9.17) is 0 Å². The zero-order chi connectivity index (χ0) is 30.4. The SMILES string of the molecule is CC1(C)C=C(CCCCC(C)(C)CO)C(O)C(CCCC2=CC(C)(C)CC(CCCCC(C)(C)C(=O)O)C2O)=C1. The Morgan fingerprint density at radius 2 is 1.38 bits per heavy atom. The number of carboxylic acids is 1. The minimum atomic E-state index is -0.747. The van der Waals surface area contributed by atoms with E-state index in [0.717, 1.165) is 87.3 Å². The summed E-state index contributed by atoms with van der Waals surface area (Å²) in [6.07, 6.45) is 16.5. The Hall–Kier alpha value is -1.43. The van der Waals surface area contributed by atoms with Gasteiger partial charge in [0.05, 0.1) is 17.6 Å². The molecule has 0 fully saturated rings. The molecule has 0 aromatic carbocycles. The number of carboxylic acid groups (broad SMARTS) is 1. The lowest BCUT2D eigenvalue weighted by molar-refractivity contribution is -0.147. The van der Waals surface area contributed by atoms with Gasteiger partial charge in [-0.2, -0.15) is 0 Å². The van der Waals surface area contributed by atoms with Gasteiger partial charge in [0, 0.05) is 12.0 Å². The van der Waals surface area contributed by atoms with Crippen molar-refractivity contribution in [3.05, 3.63) is 34.9 Å². The van der Waals surface area contributed by atoms with E-state index >= 15 is 0 Å². The minimum Gasteiger partial charge on any atom is -0.481 e. The van der Waals surface area contributed by atoms with Gasteiger partial charge in [-0.3, -0.25) is 4.79 Å². The zero-order valence-electron chi connectivity index (χ0n) is 26.9. The third-order valence-electron chi connectivity index (χ3n) is 9.14. The van der Waals surface area contributed by atoms with Crippen LogP contribution in [0.2, 0.25) is 0 Å². The Morgan fingerprint density at radius 3 is 1.95 bits per heavy atom. The molecule has 0 spiro atoms. The maximum Gasteiger partial charge on any atom is 0.309 e. The van der Waals surface area contributed by atoms with Gasteiger partial charge in [-0.1, -0.05) is 79.0 Å². The first-order valence-electron chi connectivity index (χ1n) is 15.7. The van der Waals surface area contributed by atoms with Crippen LogP contribution >= 0.6 is 0 Å². The number of hydrogen-bond donors (Lipinski definition) is 4. The average Bonchev–Trinajstić information content (AvgIpc) is 2.84. The molecule has 0 bridgehead atoms. The van der Waals surface area contributed by atoms with Crippen molar-refractivity contribution >= 4 is 5.97 Å². The fourth-order valence-electron chi connectivity index (χ4n) is 6.62. The van der Waals surface area contributed by atoms with Crippen LogP contribution in [0.15, 0.2) is 34.9 Å². The number of aliphatic hydroxyl groups is 3. The molecule has 5 heteroatoms. The van der Waals surface area contributed by atoms with Gasteiger partial charge in [0.15, 0.2) is 0 Å². The number of carbonyl (C=O) groups is 1. The third kappa shape index (κ3) is 10.8. The second-order valence-electron chi connectivity index (χ2n) is 15.6. The summed E-state index contributed by atoms with van der Waals surface area (Å²) in [4.78, 5) is 11.4. The molecule has 2 rings (SSSR count). The Labute approximate surface area is 244 Å². The monoisotopic (exact) mass is 560 g/mol. The molecule has 4 N–H and O–H groups in total. The normalized spacial score (nSPS) is 24.8. The second kappa shape index (κ2) is 14.2. The van der Waals surface area contributed by atoms with E-state index in [0.29, 0.717) is 6.42 Å². The lowest BCUT2D eigenvalue weighted by Gasteiger charge is -2.38. The summed E-state index contributed by atoms with van der Waals surface area (Å²) in [6.45, 7) is 16.8. The topological polar surface area (TPSA) is 98.0 Å². The number of hydrogen-bond acceptors (Lipinski definition) is 4. The quantitative estimate of drug-likeness (QED) is 0.113. The van der Waals surface area contributed by atoms with Crippen molar-refractivity contribution in [3.8, 4) is 0 Å². The Morgan fingerprint density at radius 1 is 0.825 bits per heavy atom. The summed E-state index contributed by atoms with van der Waals surface area (Å²) in [5.74, 6) is -0.547. The largest absolute Gasteiger partial charge is 0.481 e. The van der Waals surface area contributed by atoms with Crippen LogP contribution in [-0.4, -0.2) is 45.2 Å². The number of rotatable bonds is 16.